The molecule has 2 N–H and O–H groups in total. The highest BCUT2D eigenvalue weighted by molar-refractivity contribution is 5.88. The number of aromatic amines is 1. The molecule has 1 aliphatic rings. The number of amides is 1. The van der Waals surface area contributed by atoms with Crippen molar-refractivity contribution in [3.63, 3.8) is 0 Å². The van der Waals surface area contributed by atoms with Gasteiger partial charge in [0.15, 0.2) is 0 Å². The smallest absolute Gasteiger partial charge is 0.219 e. The Bertz CT molecular complexity index is 1330. The zero-order valence-electron chi connectivity index (χ0n) is 19.7. The van der Waals surface area contributed by atoms with E-state index in [-0.39, 0.29) is 18.6 Å². The molecule has 0 radical (unpaired) electrons. The van der Waals surface area contributed by atoms with Gasteiger partial charge in [0, 0.05) is 37.0 Å². The van der Waals surface area contributed by atoms with E-state index >= 15 is 0 Å². The number of carbonyl (C=O) groups excluding carboxylic acids is 1. The SMILES string of the molecule is COCc1ccc(Oc2cc3cc(-c4cnc(CO)cn4)[nH]c3cc2C2CCCN2C(C)=O)cn1. The number of rotatable bonds is 7. The summed E-state index contributed by atoms with van der Waals surface area (Å²) >= 11 is 0. The minimum Gasteiger partial charge on any atom is -0.455 e. The predicted octanol–water partition coefficient (Wildman–Crippen LogP) is 4.13. The van der Waals surface area contributed by atoms with Crippen molar-refractivity contribution in [1.29, 1.82) is 0 Å². The zero-order chi connectivity index (χ0) is 24.4. The zero-order valence-corrected chi connectivity index (χ0v) is 19.7. The fourth-order valence-corrected chi connectivity index (χ4v) is 4.54. The van der Waals surface area contributed by atoms with Crippen molar-refractivity contribution in [1.82, 2.24) is 24.8 Å². The molecule has 0 aliphatic carbocycles. The molecule has 1 amide bonds. The quantitative estimate of drug-likeness (QED) is 0.415. The van der Waals surface area contributed by atoms with Gasteiger partial charge in [0.05, 0.1) is 54.9 Å². The average molecular weight is 474 g/mol. The summed E-state index contributed by atoms with van der Waals surface area (Å²) in [7, 11) is 1.63. The van der Waals surface area contributed by atoms with E-state index in [1.54, 1.807) is 32.6 Å². The van der Waals surface area contributed by atoms with Crippen molar-refractivity contribution < 1.29 is 19.4 Å². The Labute approximate surface area is 202 Å². The van der Waals surface area contributed by atoms with E-state index in [9.17, 15) is 9.90 Å². The Hall–Kier alpha value is -3.82. The first-order valence-electron chi connectivity index (χ1n) is 11.5. The van der Waals surface area contributed by atoms with E-state index in [0.29, 0.717) is 29.5 Å². The second kappa shape index (κ2) is 9.81. The molecule has 1 atom stereocenters. The lowest BCUT2D eigenvalue weighted by Gasteiger charge is -2.25. The molecule has 4 heterocycles. The summed E-state index contributed by atoms with van der Waals surface area (Å²) in [5, 5.41) is 10.2. The normalized spacial score (nSPS) is 15.6. The molecule has 1 aromatic carbocycles. The number of aromatic nitrogens is 4. The maximum atomic E-state index is 12.3. The molecular weight excluding hydrogens is 446 g/mol. The van der Waals surface area contributed by atoms with Crippen LogP contribution in [0.1, 0.15) is 42.8 Å². The van der Waals surface area contributed by atoms with Gasteiger partial charge in [-0.2, -0.15) is 0 Å². The lowest BCUT2D eigenvalue weighted by atomic mass is 10.0. The van der Waals surface area contributed by atoms with Gasteiger partial charge in [-0.15, -0.1) is 0 Å². The van der Waals surface area contributed by atoms with Gasteiger partial charge >= 0.3 is 0 Å². The van der Waals surface area contributed by atoms with Crippen LogP contribution in [-0.4, -0.2) is 49.5 Å². The molecule has 3 aromatic heterocycles. The van der Waals surface area contributed by atoms with Gasteiger partial charge in [-0.1, -0.05) is 0 Å². The molecule has 1 fully saturated rings. The monoisotopic (exact) mass is 473 g/mol. The van der Waals surface area contributed by atoms with Gasteiger partial charge in [0.1, 0.15) is 17.2 Å². The van der Waals surface area contributed by atoms with Gasteiger partial charge in [-0.3, -0.25) is 19.7 Å². The van der Waals surface area contributed by atoms with Gasteiger partial charge < -0.3 is 24.5 Å². The van der Waals surface area contributed by atoms with Crippen LogP contribution < -0.4 is 4.74 Å². The third-order valence-electron chi connectivity index (χ3n) is 6.23. The fourth-order valence-electron chi connectivity index (χ4n) is 4.54. The van der Waals surface area contributed by atoms with Crippen LogP contribution in [0.15, 0.2) is 48.9 Å². The molecule has 35 heavy (non-hydrogen) atoms. The van der Waals surface area contributed by atoms with Crippen molar-refractivity contribution in [3.05, 3.63) is 65.9 Å². The Kier molecular flexibility index (Phi) is 6.43. The molecule has 9 nitrogen and oxygen atoms in total. The van der Waals surface area contributed by atoms with Crippen LogP contribution >= 0.6 is 0 Å². The molecular formula is C26H27N5O4. The van der Waals surface area contributed by atoms with Gasteiger partial charge in [-0.25, -0.2) is 0 Å². The van der Waals surface area contributed by atoms with Crippen molar-refractivity contribution >= 4 is 16.8 Å². The number of aliphatic hydroxyl groups excluding tert-OH is 1. The molecule has 180 valence electrons. The maximum Gasteiger partial charge on any atom is 0.219 e. The molecule has 1 saturated heterocycles. The number of hydrogen-bond acceptors (Lipinski definition) is 7. The minimum absolute atomic E-state index is 0.0514. The topological polar surface area (TPSA) is 113 Å². The Morgan fingerprint density at radius 3 is 2.69 bits per heavy atom. The number of nitrogens with one attached hydrogen (secondary N) is 1. The van der Waals surface area contributed by atoms with Crippen molar-refractivity contribution in [2.45, 2.75) is 39.0 Å². The summed E-state index contributed by atoms with van der Waals surface area (Å²) < 4.78 is 11.5. The van der Waals surface area contributed by atoms with Gasteiger partial charge in [-0.05, 0) is 43.2 Å². The summed E-state index contributed by atoms with van der Waals surface area (Å²) in [6, 6.07) is 9.71. The van der Waals surface area contributed by atoms with Crippen molar-refractivity contribution in [2.24, 2.45) is 0 Å². The number of likely N-dealkylation sites (tertiary alicyclic amines) is 1. The van der Waals surface area contributed by atoms with Gasteiger partial charge in [0.2, 0.25) is 5.91 Å². The van der Waals surface area contributed by atoms with Crippen LogP contribution in [0, 0.1) is 0 Å². The minimum atomic E-state index is -0.153. The molecule has 0 saturated carbocycles. The molecule has 5 rings (SSSR count). The molecule has 0 bridgehead atoms. The Balaban J connectivity index is 1.56. The number of nitrogens with zero attached hydrogens (tertiary/aromatic N) is 4. The number of carbonyl (C=O) groups is 1. The first-order valence-corrected chi connectivity index (χ1v) is 11.5. The van der Waals surface area contributed by atoms with Crippen LogP contribution in [-0.2, 0) is 22.7 Å². The van der Waals surface area contributed by atoms with Crippen molar-refractivity contribution in [2.75, 3.05) is 13.7 Å². The van der Waals surface area contributed by atoms with E-state index in [4.69, 9.17) is 9.47 Å². The summed E-state index contributed by atoms with van der Waals surface area (Å²) in [5.74, 6) is 1.35. The maximum absolute atomic E-state index is 12.3. The summed E-state index contributed by atoms with van der Waals surface area (Å²) in [6.45, 7) is 2.62. The summed E-state index contributed by atoms with van der Waals surface area (Å²) in [5.41, 5.74) is 4.67. The molecule has 1 unspecified atom stereocenters. The highest BCUT2D eigenvalue weighted by Gasteiger charge is 2.31. The Morgan fingerprint density at radius 2 is 2.00 bits per heavy atom. The van der Waals surface area contributed by atoms with Crippen LogP contribution in [0.2, 0.25) is 0 Å². The number of pyridine rings is 1. The number of benzene rings is 1. The number of hydrogen-bond donors (Lipinski definition) is 2. The van der Waals surface area contributed by atoms with E-state index in [2.05, 4.69) is 26.0 Å². The third-order valence-corrected chi connectivity index (χ3v) is 6.23. The lowest BCUT2D eigenvalue weighted by molar-refractivity contribution is -0.129. The number of fused-ring (bicyclic) bond motifs is 1. The first-order chi connectivity index (χ1) is 17.1. The highest BCUT2D eigenvalue weighted by atomic mass is 16.5. The standard InChI is InChI=1S/C26H27N5O4/c1-16(33)31-7-3-4-25(31)21-10-22-17(8-23(30-22)24-13-28-19(14-32)11-29-24)9-26(21)35-20-6-5-18(15-34-2)27-12-20/h5-6,8-13,25,30,32H,3-4,7,14-15H2,1-2H3. The number of ether oxygens (including phenoxy) is 2. The number of aliphatic hydroxyl groups is 1. The summed E-state index contributed by atoms with van der Waals surface area (Å²) in [6.07, 6.45) is 6.69. The highest BCUT2D eigenvalue weighted by Crippen LogP contribution is 2.41. The van der Waals surface area contributed by atoms with E-state index in [1.807, 2.05) is 29.2 Å². The van der Waals surface area contributed by atoms with E-state index in [1.165, 1.54) is 0 Å². The summed E-state index contributed by atoms with van der Waals surface area (Å²) in [4.78, 5) is 30.7. The van der Waals surface area contributed by atoms with Crippen LogP contribution in [0.3, 0.4) is 0 Å². The molecule has 4 aromatic rings. The van der Waals surface area contributed by atoms with Crippen LogP contribution in [0.5, 0.6) is 11.5 Å². The second-order valence-corrected chi connectivity index (χ2v) is 8.60. The average Bonchev–Trinajstić information content (AvgIpc) is 3.52. The van der Waals surface area contributed by atoms with Crippen LogP contribution in [0.25, 0.3) is 22.3 Å². The molecule has 0 spiro atoms. The number of H-pyrrole nitrogens is 1. The Morgan fingerprint density at radius 1 is 1.14 bits per heavy atom. The predicted molar refractivity (Wildman–Crippen MR) is 130 cm³/mol. The largest absolute Gasteiger partial charge is 0.455 e. The second-order valence-electron chi connectivity index (χ2n) is 8.60. The lowest BCUT2D eigenvalue weighted by Crippen LogP contribution is -2.28. The molecule has 9 heteroatoms. The third kappa shape index (κ3) is 4.73. The fraction of sp³-hybridized carbons (Fsp3) is 0.308. The van der Waals surface area contributed by atoms with E-state index in [0.717, 1.165) is 47.2 Å². The number of methoxy groups -OCH3 is 1. The van der Waals surface area contributed by atoms with Crippen molar-refractivity contribution in [3.8, 4) is 22.9 Å². The van der Waals surface area contributed by atoms with Crippen LogP contribution in [0.4, 0.5) is 0 Å². The molecule has 1 aliphatic heterocycles. The van der Waals surface area contributed by atoms with Gasteiger partial charge in [0.25, 0.3) is 0 Å². The van der Waals surface area contributed by atoms with E-state index < -0.39 is 0 Å². The first kappa shape index (κ1) is 22.9.